The summed E-state index contributed by atoms with van der Waals surface area (Å²) in [5.74, 6) is -0.427. The maximum atomic E-state index is 13.6. The first kappa shape index (κ1) is 39.0. The Hall–Kier alpha value is -4.81. The lowest BCUT2D eigenvalue weighted by Gasteiger charge is -2.27. The molecule has 13 heteroatoms. The van der Waals surface area contributed by atoms with E-state index >= 15 is 0 Å². The fourth-order valence-corrected chi connectivity index (χ4v) is 5.53. The molecule has 0 radical (unpaired) electrons. The highest BCUT2D eigenvalue weighted by atomic mass is 35.5. The summed E-state index contributed by atoms with van der Waals surface area (Å²) in [6, 6.07) is 17.4. The molecule has 0 spiro atoms. The number of carbonyl (C=O) groups is 3. The Kier molecular flexibility index (Phi) is 12.9. The van der Waals surface area contributed by atoms with Crippen LogP contribution in [0.15, 0.2) is 60.7 Å². The summed E-state index contributed by atoms with van der Waals surface area (Å²) in [7, 11) is 2.11. The second-order valence-corrected chi connectivity index (χ2v) is 14.8. The van der Waals surface area contributed by atoms with Gasteiger partial charge in [-0.25, -0.2) is 9.59 Å². The van der Waals surface area contributed by atoms with Crippen molar-refractivity contribution in [2.75, 3.05) is 55.4 Å². The van der Waals surface area contributed by atoms with Crippen LogP contribution in [0.2, 0.25) is 5.02 Å². The van der Waals surface area contributed by atoms with Gasteiger partial charge in [0.15, 0.2) is 6.61 Å². The molecule has 1 saturated heterocycles. The molecule has 0 unspecified atom stereocenters. The van der Waals surface area contributed by atoms with Gasteiger partial charge in [0.2, 0.25) is 0 Å². The van der Waals surface area contributed by atoms with Crippen LogP contribution in [0.4, 0.5) is 21.9 Å². The molecule has 0 bridgehead atoms. The van der Waals surface area contributed by atoms with Crippen molar-refractivity contribution in [1.82, 2.24) is 10.2 Å². The quantitative estimate of drug-likeness (QED) is 0.0997. The van der Waals surface area contributed by atoms with Crippen LogP contribution in [0.5, 0.6) is 5.75 Å². The monoisotopic (exact) mass is 720 g/mol. The molecule has 3 aromatic rings. The summed E-state index contributed by atoms with van der Waals surface area (Å²) in [4.78, 5) is 42.9. The number of benzene rings is 3. The van der Waals surface area contributed by atoms with E-state index in [2.05, 4.69) is 32.8 Å². The average molecular weight is 721 g/mol. The van der Waals surface area contributed by atoms with Gasteiger partial charge in [0, 0.05) is 53.7 Å². The number of para-hydroxylation sites is 1. The van der Waals surface area contributed by atoms with Crippen molar-refractivity contribution in [3.05, 3.63) is 82.4 Å². The smallest absolute Gasteiger partial charge is 0.413 e. The number of likely N-dealkylation sites (N-methyl/N-ethyl adjacent to an activating group) is 1. The van der Waals surface area contributed by atoms with Gasteiger partial charge in [-0.05, 0) is 110 Å². The maximum absolute atomic E-state index is 13.6. The zero-order chi connectivity index (χ0) is 37.3. The number of hydrogen-bond donors (Lipinski definition) is 4. The number of esters is 1. The molecule has 4 N–H and O–H groups in total. The summed E-state index contributed by atoms with van der Waals surface area (Å²) in [6.45, 7) is 14.2. The molecule has 0 aromatic heterocycles. The predicted octanol–water partition coefficient (Wildman–Crippen LogP) is 6.92. The van der Waals surface area contributed by atoms with Crippen molar-refractivity contribution in [2.45, 2.75) is 65.7 Å². The minimum Gasteiger partial charge on any atom is -0.479 e. The van der Waals surface area contributed by atoms with E-state index in [9.17, 15) is 14.4 Å². The second-order valence-electron chi connectivity index (χ2n) is 14.4. The van der Waals surface area contributed by atoms with E-state index in [1.165, 1.54) is 0 Å². The van der Waals surface area contributed by atoms with E-state index < -0.39 is 29.2 Å². The minimum atomic E-state index is -0.728. The van der Waals surface area contributed by atoms with Crippen molar-refractivity contribution in [3.8, 4) is 5.75 Å². The zero-order valence-electron chi connectivity index (χ0n) is 30.4. The Morgan fingerprint density at radius 1 is 0.882 bits per heavy atom. The highest BCUT2D eigenvalue weighted by molar-refractivity contribution is 6.31. The van der Waals surface area contributed by atoms with Gasteiger partial charge in [-0.1, -0.05) is 23.7 Å². The lowest BCUT2D eigenvalue weighted by atomic mass is 10.1. The average Bonchev–Trinajstić information content (AvgIpc) is 3.25. The molecule has 2 amide bonds. The molecule has 1 aliphatic heterocycles. The molecule has 51 heavy (non-hydrogen) atoms. The first-order valence-electron chi connectivity index (χ1n) is 16.9. The number of halogens is 1. The number of amidine groups is 1. The highest BCUT2D eigenvalue weighted by Crippen LogP contribution is 2.34. The van der Waals surface area contributed by atoms with Crippen LogP contribution in [0.1, 0.15) is 69.4 Å². The van der Waals surface area contributed by atoms with Crippen molar-refractivity contribution in [2.24, 2.45) is 0 Å². The minimum absolute atomic E-state index is 0.134. The van der Waals surface area contributed by atoms with Gasteiger partial charge in [-0.3, -0.25) is 15.5 Å². The van der Waals surface area contributed by atoms with E-state index in [-0.39, 0.29) is 19.0 Å². The first-order chi connectivity index (χ1) is 24.0. The standard InChI is InChI=1S/C38H49ClN6O6/c1-37(2,3)50-32(46)24-49-33-26(10-8-11-31(33)45-19-9-18-44(7)20-21-45)23-41-30-17-14-27(39)22-29(30)35(47)42-28-15-12-25(13-16-28)34(40)43-36(48)51-38(4,5)6/h8,10-17,22,41H,9,18-21,23-24H2,1-7H3,(H,42,47)(H2,40,43,48). The van der Waals surface area contributed by atoms with E-state index in [0.717, 1.165) is 43.9 Å². The Labute approximate surface area is 305 Å². The van der Waals surface area contributed by atoms with Crippen molar-refractivity contribution >= 4 is 52.5 Å². The lowest BCUT2D eigenvalue weighted by molar-refractivity contribution is -0.157. The van der Waals surface area contributed by atoms with E-state index in [1.807, 2.05) is 39.0 Å². The van der Waals surface area contributed by atoms with Gasteiger partial charge >= 0.3 is 12.1 Å². The number of nitrogens with zero attached hydrogens (tertiary/aromatic N) is 2. The molecular weight excluding hydrogens is 672 g/mol. The number of ether oxygens (including phenoxy) is 3. The molecular formula is C38H49ClN6O6. The molecule has 274 valence electrons. The maximum Gasteiger partial charge on any atom is 0.413 e. The Bertz CT molecular complexity index is 1720. The van der Waals surface area contributed by atoms with E-state index in [0.29, 0.717) is 33.3 Å². The molecule has 12 nitrogen and oxygen atoms in total. The van der Waals surface area contributed by atoms with Crippen molar-refractivity contribution < 1.29 is 28.6 Å². The Morgan fingerprint density at radius 3 is 2.27 bits per heavy atom. The summed E-state index contributed by atoms with van der Waals surface area (Å²) in [5, 5.41) is 17.3. The van der Waals surface area contributed by atoms with Crippen LogP contribution in [0.3, 0.4) is 0 Å². The van der Waals surface area contributed by atoms with Gasteiger partial charge in [0.25, 0.3) is 5.91 Å². The SMILES string of the molecule is CN1CCCN(c2cccc(CNc3ccc(Cl)cc3C(=O)Nc3ccc(C(=N)NC(=O)OC(C)(C)C)cc3)c2OCC(=O)OC(C)(C)C)CC1. The normalized spacial score (nSPS) is 13.8. The van der Waals surface area contributed by atoms with Crippen LogP contribution in [-0.2, 0) is 20.8 Å². The number of amides is 2. The van der Waals surface area contributed by atoms with Crippen LogP contribution in [-0.4, -0.2) is 79.7 Å². The van der Waals surface area contributed by atoms with E-state index in [1.54, 1.807) is 63.2 Å². The molecule has 0 aliphatic carbocycles. The third-order valence-corrected chi connectivity index (χ3v) is 7.88. The van der Waals surface area contributed by atoms with Gasteiger partial charge in [0.1, 0.15) is 22.8 Å². The third-order valence-electron chi connectivity index (χ3n) is 7.64. The Balaban J connectivity index is 1.51. The summed E-state index contributed by atoms with van der Waals surface area (Å²) < 4.78 is 16.9. The van der Waals surface area contributed by atoms with Crippen molar-refractivity contribution in [3.63, 3.8) is 0 Å². The van der Waals surface area contributed by atoms with Gasteiger partial charge < -0.3 is 34.6 Å². The molecule has 1 aliphatic rings. The topological polar surface area (TPSA) is 145 Å². The predicted molar refractivity (Wildman–Crippen MR) is 201 cm³/mol. The molecule has 0 atom stereocenters. The van der Waals surface area contributed by atoms with Crippen LogP contribution >= 0.6 is 11.6 Å². The van der Waals surface area contributed by atoms with E-state index in [4.69, 9.17) is 31.2 Å². The number of alkyl carbamates (subject to hydrolysis) is 1. The number of carbonyl (C=O) groups excluding carboxylic acids is 3. The first-order valence-corrected chi connectivity index (χ1v) is 17.3. The second kappa shape index (κ2) is 16.9. The number of rotatable bonds is 10. The zero-order valence-corrected chi connectivity index (χ0v) is 31.2. The number of anilines is 3. The van der Waals surface area contributed by atoms with Crippen LogP contribution in [0.25, 0.3) is 0 Å². The summed E-state index contributed by atoms with van der Waals surface area (Å²) >= 11 is 6.34. The molecule has 0 saturated carbocycles. The molecule has 4 rings (SSSR count). The number of nitrogens with one attached hydrogen (secondary N) is 4. The van der Waals surface area contributed by atoms with Crippen LogP contribution < -0.4 is 25.6 Å². The largest absolute Gasteiger partial charge is 0.479 e. The summed E-state index contributed by atoms with van der Waals surface area (Å²) in [6.07, 6.45) is 0.260. The lowest BCUT2D eigenvalue weighted by Crippen LogP contribution is -2.36. The van der Waals surface area contributed by atoms with Gasteiger partial charge in [0.05, 0.1) is 11.3 Å². The third kappa shape index (κ3) is 12.2. The van der Waals surface area contributed by atoms with Gasteiger partial charge in [-0.2, -0.15) is 0 Å². The summed E-state index contributed by atoms with van der Waals surface area (Å²) in [5.41, 5.74) is 2.11. The van der Waals surface area contributed by atoms with Crippen LogP contribution in [0, 0.1) is 5.41 Å². The fourth-order valence-electron chi connectivity index (χ4n) is 5.36. The fraction of sp³-hybridized carbons (Fsp3) is 0.421. The van der Waals surface area contributed by atoms with Gasteiger partial charge in [-0.15, -0.1) is 0 Å². The molecule has 1 heterocycles. The van der Waals surface area contributed by atoms with Crippen molar-refractivity contribution in [1.29, 1.82) is 5.41 Å². The Morgan fingerprint density at radius 2 is 1.59 bits per heavy atom. The number of hydrogen-bond acceptors (Lipinski definition) is 10. The molecule has 1 fully saturated rings. The highest BCUT2D eigenvalue weighted by Gasteiger charge is 2.23. The molecule has 3 aromatic carbocycles.